The van der Waals surface area contributed by atoms with E-state index < -0.39 is 9.84 Å². The maximum absolute atomic E-state index is 12.9. The van der Waals surface area contributed by atoms with Crippen molar-refractivity contribution in [1.29, 1.82) is 0 Å². The molecule has 9 nitrogen and oxygen atoms in total. The summed E-state index contributed by atoms with van der Waals surface area (Å²) in [6.07, 6.45) is 4.54. The molecule has 0 spiro atoms. The molecule has 0 saturated carbocycles. The Balaban J connectivity index is 1.23. The summed E-state index contributed by atoms with van der Waals surface area (Å²) in [5.41, 5.74) is 3.51. The van der Waals surface area contributed by atoms with E-state index in [-0.39, 0.29) is 47.3 Å². The standard InChI is InChI=1S/C29H29N5O4S/c1-29(2)9-11-34(27-23(29)4-3-10-30-27)26-8-7-20-16-31-22(15-24(20)33-26)17-32-28(35)19-5-6-21-18-38-12-13-39(36,37)25(21)14-19/h3-8,10,14-16H,9,11-13,17-18H2,1-2H3,(H,32,35). The average Bonchev–Trinajstić information content (AvgIpc) is 3.08. The highest BCUT2D eigenvalue weighted by molar-refractivity contribution is 7.91. The van der Waals surface area contributed by atoms with E-state index >= 15 is 0 Å². The van der Waals surface area contributed by atoms with Gasteiger partial charge in [0.15, 0.2) is 9.84 Å². The molecule has 1 amide bonds. The van der Waals surface area contributed by atoms with Crippen LogP contribution in [-0.2, 0) is 33.1 Å². The van der Waals surface area contributed by atoms with E-state index in [1.807, 2.05) is 30.5 Å². The van der Waals surface area contributed by atoms with Gasteiger partial charge in [-0.15, -0.1) is 0 Å². The molecule has 0 radical (unpaired) electrons. The van der Waals surface area contributed by atoms with Gasteiger partial charge in [0.25, 0.3) is 5.91 Å². The lowest BCUT2D eigenvalue weighted by Crippen LogP contribution is -2.35. The molecule has 0 unspecified atom stereocenters. The minimum absolute atomic E-state index is 0.0431. The van der Waals surface area contributed by atoms with Gasteiger partial charge in [-0.25, -0.2) is 18.4 Å². The highest BCUT2D eigenvalue weighted by atomic mass is 32.2. The normalized spacial score (nSPS) is 17.6. The third-order valence-corrected chi connectivity index (χ3v) is 9.23. The number of amides is 1. The van der Waals surface area contributed by atoms with Gasteiger partial charge in [0.05, 0.1) is 41.6 Å². The number of nitrogens with zero attached hydrogens (tertiary/aromatic N) is 4. The van der Waals surface area contributed by atoms with E-state index in [4.69, 9.17) is 9.72 Å². The Labute approximate surface area is 227 Å². The summed E-state index contributed by atoms with van der Waals surface area (Å²) in [5.74, 6) is 1.27. The van der Waals surface area contributed by atoms with Gasteiger partial charge in [-0.05, 0) is 53.8 Å². The van der Waals surface area contributed by atoms with Crippen molar-refractivity contribution in [2.24, 2.45) is 0 Å². The first-order chi connectivity index (χ1) is 18.7. The number of carbonyl (C=O) groups is 1. The molecule has 200 valence electrons. The van der Waals surface area contributed by atoms with Crippen LogP contribution in [0.5, 0.6) is 0 Å². The first-order valence-corrected chi connectivity index (χ1v) is 14.6. The first kappa shape index (κ1) is 25.4. The van der Waals surface area contributed by atoms with Crippen molar-refractivity contribution >= 4 is 38.3 Å². The number of sulfone groups is 1. The predicted octanol–water partition coefficient (Wildman–Crippen LogP) is 4.08. The van der Waals surface area contributed by atoms with Gasteiger partial charge in [-0.1, -0.05) is 26.0 Å². The summed E-state index contributed by atoms with van der Waals surface area (Å²) >= 11 is 0. The highest BCUT2D eigenvalue weighted by Crippen LogP contribution is 2.41. The highest BCUT2D eigenvalue weighted by Gasteiger charge is 2.33. The fraction of sp³-hybridized carbons (Fsp3) is 0.310. The quantitative estimate of drug-likeness (QED) is 0.410. The molecule has 0 saturated heterocycles. The van der Waals surface area contributed by atoms with Crippen molar-refractivity contribution in [2.75, 3.05) is 23.8 Å². The molecule has 5 heterocycles. The van der Waals surface area contributed by atoms with E-state index in [1.54, 1.807) is 18.3 Å². The van der Waals surface area contributed by atoms with Crippen molar-refractivity contribution < 1.29 is 17.9 Å². The van der Waals surface area contributed by atoms with Gasteiger partial charge in [-0.3, -0.25) is 9.78 Å². The first-order valence-electron chi connectivity index (χ1n) is 12.9. The van der Waals surface area contributed by atoms with E-state index in [2.05, 4.69) is 40.1 Å². The van der Waals surface area contributed by atoms with E-state index in [9.17, 15) is 13.2 Å². The van der Waals surface area contributed by atoms with Gasteiger partial charge in [0.2, 0.25) is 0 Å². The number of nitrogens with one attached hydrogen (secondary N) is 1. The minimum atomic E-state index is -3.50. The molecular formula is C29H29N5O4S. The summed E-state index contributed by atoms with van der Waals surface area (Å²) in [4.78, 5) is 29.3. The second kappa shape index (κ2) is 9.69. The maximum atomic E-state index is 12.9. The Morgan fingerprint density at radius 1 is 1.13 bits per heavy atom. The number of anilines is 2. The number of fused-ring (bicyclic) bond motifs is 3. The lowest BCUT2D eigenvalue weighted by molar-refractivity contribution is 0.0950. The Bertz CT molecular complexity index is 1700. The van der Waals surface area contributed by atoms with Crippen molar-refractivity contribution in [3.05, 3.63) is 83.3 Å². The molecule has 0 bridgehead atoms. The molecule has 39 heavy (non-hydrogen) atoms. The number of ether oxygens (including phenoxy) is 1. The molecule has 0 atom stereocenters. The zero-order valence-corrected chi connectivity index (χ0v) is 22.7. The second-order valence-corrected chi connectivity index (χ2v) is 12.7. The van der Waals surface area contributed by atoms with Crippen LogP contribution in [0.3, 0.4) is 0 Å². The Kier molecular flexibility index (Phi) is 6.31. The topological polar surface area (TPSA) is 114 Å². The van der Waals surface area contributed by atoms with Gasteiger partial charge >= 0.3 is 0 Å². The number of hydrogen-bond acceptors (Lipinski definition) is 8. The third-order valence-electron chi connectivity index (χ3n) is 7.47. The summed E-state index contributed by atoms with van der Waals surface area (Å²) < 4.78 is 30.5. The van der Waals surface area contributed by atoms with Crippen LogP contribution in [0.25, 0.3) is 10.9 Å². The van der Waals surface area contributed by atoms with Crippen LogP contribution in [0.15, 0.2) is 65.8 Å². The molecule has 10 heteroatoms. The maximum Gasteiger partial charge on any atom is 0.251 e. The molecule has 3 aromatic heterocycles. The molecule has 0 aliphatic carbocycles. The number of rotatable bonds is 4. The van der Waals surface area contributed by atoms with Gasteiger partial charge in [-0.2, -0.15) is 0 Å². The lowest BCUT2D eigenvalue weighted by atomic mass is 9.79. The SMILES string of the molecule is CC1(C)CCN(c2ccc3cnc(CNC(=O)c4ccc5c(c4)S(=O)(=O)CCOC5)cc3n2)c2ncccc21. The minimum Gasteiger partial charge on any atom is -0.376 e. The Hall–Kier alpha value is -3.89. The number of pyridine rings is 3. The molecule has 2 aliphatic rings. The van der Waals surface area contributed by atoms with Crippen molar-refractivity contribution in [3.63, 3.8) is 0 Å². The third kappa shape index (κ3) is 4.86. The van der Waals surface area contributed by atoms with E-state index in [1.165, 1.54) is 11.6 Å². The van der Waals surface area contributed by atoms with Crippen molar-refractivity contribution in [2.45, 2.75) is 43.7 Å². The van der Waals surface area contributed by atoms with Crippen LogP contribution in [0, 0.1) is 0 Å². The molecular weight excluding hydrogens is 514 g/mol. The van der Waals surface area contributed by atoms with Gasteiger partial charge < -0.3 is 15.0 Å². The lowest BCUT2D eigenvalue weighted by Gasteiger charge is -2.38. The number of hydrogen-bond donors (Lipinski definition) is 1. The Morgan fingerprint density at radius 2 is 2.00 bits per heavy atom. The van der Waals surface area contributed by atoms with Crippen LogP contribution >= 0.6 is 0 Å². The number of benzene rings is 1. The summed E-state index contributed by atoms with van der Waals surface area (Å²) in [6, 6.07) is 14.6. The summed E-state index contributed by atoms with van der Waals surface area (Å²) in [7, 11) is -3.50. The van der Waals surface area contributed by atoms with Crippen LogP contribution in [-0.4, -0.2) is 48.2 Å². The van der Waals surface area contributed by atoms with Crippen LogP contribution < -0.4 is 10.2 Å². The van der Waals surface area contributed by atoms with Crippen LogP contribution in [0.1, 0.15) is 47.4 Å². The predicted molar refractivity (Wildman–Crippen MR) is 148 cm³/mol. The number of aromatic nitrogens is 3. The summed E-state index contributed by atoms with van der Waals surface area (Å²) in [5, 5.41) is 3.75. The van der Waals surface area contributed by atoms with Crippen LogP contribution in [0.2, 0.25) is 0 Å². The fourth-order valence-corrected chi connectivity index (χ4v) is 6.52. The molecule has 6 rings (SSSR count). The summed E-state index contributed by atoms with van der Waals surface area (Å²) in [6.45, 7) is 5.82. The number of carbonyl (C=O) groups excluding carboxylic acids is 1. The van der Waals surface area contributed by atoms with E-state index in [0.717, 1.165) is 35.5 Å². The van der Waals surface area contributed by atoms with Gasteiger partial charge in [0.1, 0.15) is 11.6 Å². The fourth-order valence-electron chi connectivity index (χ4n) is 5.13. The van der Waals surface area contributed by atoms with Crippen molar-refractivity contribution in [1.82, 2.24) is 20.3 Å². The van der Waals surface area contributed by atoms with E-state index in [0.29, 0.717) is 11.3 Å². The zero-order chi connectivity index (χ0) is 27.2. The average molecular weight is 544 g/mol. The zero-order valence-electron chi connectivity index (χ0n) is 21.8. The van der Waals surface area contributed by atoms with Crippen molar-refractivity contribution in [3.8, 4) is 0 Å². The molecule has 1 N–H and O–H groups in total. The molecule has 2 aliphatic heterocycles. The molecule has 1 aromatic carbocycles. The second-order valence-electron chi connectivity index (χ2n) is 10.6. The van der Waals surface area contributed by atoms with Gasteiger partial charge in [0, 0.05) is 35.5 Å². The largest absolute Gasteiger partial charge is 0.376 e. The Morgan fingerprint density at radius 3 is 2.87 bits per heavy atom. The van der Waals surface area contributed by atoms with Crippen LogP contribution in [0.4, 0.5) is 11.6 Å². The molecule has 4 aromatic rings. The monoisotopic (exact) mass is 543 g/mol. The molecule has 0 fully saturated rings. The smallest absolute Gasteiger partial charge is 0.251 e.